The molecule has 2 aliphatic rings. The van der Waals surface area contributed by atoms with Crippen LogP contribution in [0.5, 0.6) is 0 Å². The predicted octanol–water partition coefficient (Wildman–Crippen LogP) is 3.53. The molecule has 1 aromatic carbocycles. The van der Waals surface area contributed by atoms with Gasteiger partial charge < -0.3 is 9.64 Å². The van der Waals surface area contributed by atoms with Gasteiger partial charge in [-0.2, -0.15) is 4.36 Å². The molecule has 1 amide bonds. The third-order valence-corrected chi connectivity index (χ3v) is 7.38. The Morgan fingerprint density at radius 3 is 2.62 bits per heavy atom. The lowest BCUT2D eigenvalue weighted by atomic mass is 9.94. The molecule has 1 aromatic rings. The summed E-state index contributed by atoms with van der Waals surface area (Å²) < 4.78 is 23.7. The normalized spacial score (nSPS) is 28.7. The maximum absolute atomic E-state index is 13.1. The maximum Gasteiger partial charge on any atom is 0.223 e. The molecule has 0 aromatic heterocycles. The minimum absolute atomic E-state index is 0.163. The van der Waals surface area contributed by atoms with Crippen molar-refractivity contribution in [3.05, 3.63) is 42.5 Å². The highest BCUT2D eigenvalue weighted by Crippen LogP contribution is 2.33. The van der Waals surface area contributed by atoms with Crippen molar-refractivity contribution in [2.75, 3.05) is 31.2 Å². The first-order valence-corrected chi connectivity index (χ1v) is 11.1. The molecule has 2 heterocycles. The van der Waals surface area contributed by atoms with Crippen molar-refractivity contribution in [1.82, 2.24) is 4.90 Å². The molecule has 0 radical (unpaired) electrons. The van der Waals surface area contributed by atoms with Crippen LogP contribution in [0.2, 0.25) is 0 Å². The van der Waals surface area contributed by atoms with Gasteiger partial charge in [0.1, 0.15) is 0 Å². The Bertz CT molecular complexity index is 768. The monoisotopic (exact) mass is 376 g/mol. The van der Waals surface area contributed by atoms with Crippen molar-refractivity contribution in [2.45, 2.75) is 38.2 Å². The Morgan fingerprint density at radius 2 is 1.96 bits per heavy atom. The van der Waals surface area contributed by atoms with Gasteiger partial charge in [0.2, 0.25) is 5.91 Å². The molecule has 0 N–H and O–H groups in total. The average Bonchev–Trinajstić information content (AvgIpc) is 2.64. The minimum atomic E-state index is -2.25. The van der Waals surface area contributed by atoms with E-state index in [1.165, 1.54) is 0 Å². The van der Waals surface area contributed by atoms with Gasteiger partial charge in [0, 0.05) is 31.0 Å². The molecule has 26 heavy (non-hydrogen) atoms. The van der Waals surface area contributed by atoms with Gasteiger partial charge in [0.15, 0.2) is 0 Å². The zero-order chi connectivity index (χ0) is 18.6. The number of benzene rings is 1. The molecule has 0 aliphatic carbocycles. The maximum atomic E-state index is 13.1. The summed E-state index contributed by atoms with van der Waals surface area (Å²) in [5, 5.41) is 0. The van der Waals surface area contributed by atoms with E-state index in [2.05, 4.69) is 10.9 Å². The first kappa shape index (κ1) is 19.1. The zero-order valence-electron chi connectivity index (χ0n) is 15.5. The van der Waals surface area contributed by atoms with Crippen LogP contribution in [0.1, 0.15) is 32.6 Å². The van der Waals surface area contributed by atoms with Crippen LogP contribution in [0, 0.1) is 0 Å². The van der Waals surface area contributed by atoms with Crippen molar-refractivity contribution in [2.24, 2.45) is 4.36 Å². The highest BCUT2D eigenvalue weighted by atomic mass is 32.2. The highest BCUT2D eigenvalue weighted by molar-refractivity contribution is 7.93. The van der Waals surface area contributed by atoms with Crippen LogP contribution in [0.4, 0.5) is 5.69 Å². The summed E-state index contributed by atoms with van der Waals surface area (Å²) >= 11 is 0. The number of amides is 1. The van der Waals surface area contributed by atoms with Crippen LogP contribution in [-0.2, 0) is 19.3 Å². The van der Waals surface area contributed by atoms with E-state index in [0.717, 1.165) is 17.7 Å². The Kier molecular flexibility index (Phi) is 5.82. The minimum Gasteiger partial charge on any atom is -0.371 e. The zero-order valence-corrected chi connectivity index (χ0v) is 16.3. The van der Waals surface area contributed by atoms with Gasteiger partial charge in [-0.1, -0.05) is 23.8 Å². The summed E-state index contributed by atoms with van der Waals surface area (Å²) in [5.41, 5.74) is 1.44. The fourth-order valence-electron chi connectivity index (χ4n) is 3.53. The summed E-state index contributed by atoms with van der Waals surface area (Å²) in [5.74, 6) is 1.21. The first-order valence-electron chi connectivity index (χ1n) is 9.24. The Hall–Kier alpha value is -1.66. The summed E-state index contributed by atoms with van der Waals surface area (Å²) in [7, 11) is -2.25. The lowest BCUT2D eigenvalue weighted by Gasteiger charge is -2.45. The van der Waals surface area contributed by atoms with Gasteiger partial charge in [0.25, 0.3) is 0 Å². The molecule has 2 saturated heterocycles. The summed E-state index contributed by atoms with van der Waals surface area (Å²) in [6, 6.07) is 9.51. The fraction of sp³-hybridized carbons (Fsp3) is 0.550. The van der Waals surface area contributed by atoms with E-state index in [9.17, 15) is 9.00 Å². The number of carbonyl (C=O) groups is 1. The third-order valence-electron chi connectivity index (χ3n) is 5.15. The van der Waals surface area contributed by atoms with Crippen molar-refractivity contribution in [3.8, 4) is 0 Å². The fourth-order valence-corrected chi connectivity index (χ4v) is 5.80. The van der Waals surface area contributed by atoms with Gasteiger partial charge in [-0.3, -0.25) is 4.79 Å². The summed E-state index contributed by atoms with van der Waals surface area (Å²) in [6.07, 6.45) is 2.61. The summed E-state index contributed by atoms with van der Waals surface area (Å²) in [6.45, 7) is 7.61. The van der Waals surface area contributed by atoms with Crippen molar-refractivity contribution in [3.63, 3.8) is 0 Å². The Labute approximate surface area is 156 Å². The second-order valence-corrected chi connectivity index (χ2v) is 9.96. The van der Waals surface area contributed by atoms with Crippen molar-refractivity contribution >= 4 is 21.3 Å². The van der Waals surface area contributed by atoms with E-state index in [1.54, 1.807) is 0 Å². The molecule has 6 heteroatoms. The van der Waals surface area contributed by atoms with Crippen LogP contribution in [0.25, 0.3) is 0 Å². The van der Waals surface area contributed by atoms with E-state index in [0.29, 0.717) is 50.5 Å². The third kappa shape index (κ3) is 4.74. The Morgan fingerprint density at radius 1 is 1.27 bits per heavy atom. The van der Waals surface area contributed by atoms with Gasteiger partial charge >= 0.3 is 0 Å². The van der Waals surface area contributed by atoms with Crippen LogP contribution in [-0.4, -0.2) is 51.8 Å². The molecule has 142 valence electrons. The molecule has 0 unspecified atom stereocenters. The first-order chi connectivity index (χ1) is 12.4. The molecule has 5 nitrogen and oxygen atoms in total. The van der Waals surface area contributed by atoms with Crippen molar-refractivity contribution in [1.29, 1.82) is 0 Å². The number of hydrogen-bond donors (Lipinski definition) is 0. The van der Waals surface area contributed by atoms with Gasteiger partial charge in [0.05, 0.1) is 27.6 Å². The smallest absolute Gasteiger partial charge is 0.223 e. The SMILES string of the molecule is C=C(C)CCC(=O)N1CCOC2(CCS(=O)(=Nc3ccccc3)CC2)C1. The van der Waals surface area contributed by atoms with E-state index < -0.39 is 9.73 Å². The second kappa shape index (κ2) is 7.92. The van der Waals surface area contributed by atoms with E-state index in [1.807, 2.05) is 42.2 Å². The van der Waals surface area contributed by atoms with E-state index in [-0.39, 0.29) is 11.5 Å². The quantitative estimate of drug-likeness (QED) is 0.755. The molecule has 1 spiro atoms. The largest absolute Gasteiger partial charge is 0.371 e. The average molecular weight is 377 g/mol. The molecular weight excluding hydrogens is 348 g/mol. The highest BCUT2D eigenvalue weighted by Gasteiger charge is 2.42. The number of ether oxygens (including phenoxy) is 1. The van der Waals surface area contributed by atoms with Gasteiger partial charge in [-0.05, 0) is 38.3 Å². The van der Waals surface area contributed by atoms with Gasteiger partial charge in [-0.25, -0.2) is 4.21 Å². The molecule has 0 bridgehead atoms. The standard InChI is InChI=1S/C20H28N2O3S/c1-17(2)8-9-19(23)22-12-13-25-20(16-22)10-14-26(24,15-11-20)21-18-6-4-3-5-7-18/h3-7H,1,8-16H2,2H3. The Balaban J connectivity index is 1.64. The molecule has 0 atom stereocenters. The number of rotatable bonds is 4. The molecule has 2 aliphatic heterocycles. The lowest BCUT2D eigenvalue weighted by molar-refractivity contribution is -0.152. The van der Waals surface area contributed by atoms with Crippen LogP contribution in [0.3, 0.4) is 0 Å². The van der Waals surface area contributed by atoms with Crippen molar-refractivity contribution < 1.29 is 13.7 Å². The lowest BCUT2D eigenvalue weighted by Crippen LogP contribution is -2.56. The number of carbonyl (C=O) groups excluding carboxylic acids is 1. The van der Waals surface area contributed by atoms with Crippen LogP contribution in [0.15, 0.2) is 46.8 Å². The topological polar surface area (TPSA) is 59.0 Å². The van der Waals surface area contributed by atoms with E-state index in [4.69, 9.17) is 4.74 Å². The molecule has 0 saturated carbocycles. The number of allylic oxidation sites excluding steroid dienone is 1. The van der Waals surface area contributed by atoms with E-state index >= 15 is 0 Å². The van der Waals surface area contributed by atoms with Crippen LogP contribution >= 0.6 is 0 Å². The number of hydrogen-bond acceptors (Lipinski definition) is 4. The predicted molar refractivity (Wildman–Crippen MR) is 105 cm³/mol. The number of morpholine rings is 1. The molecule has 2 fully saturated rings. The van der Waals surface area contributed by atoms with Crippen LogP contribution < -0.4 is 0 Å². The van der Waals surface area contributed by atoms with Gasteiger partial charge in [-0.15, -0.1) is 6.58 Å². The molecule has 3 rings (SSSR count). The summed E-state index contributed by atoms with van der Waals surface area (Å²) in [4.78, 5) is 14.4. The molecular formula is C20H28N2O3S. The second-order valence-electron chi connectivity index (χ2n) is 7.41. The number of nitrogens with zero attached hydrogens (tertiary/aromatic N) is 2.